The van der Waals surface area contributed by atoms with Crippen molar-refractivity contribution < 1.29 is 28.2 Å². The van der Waals surface area contributed by atoms with Gasteiger partial charge < -0.3 is 33.7 Å². The minimum absolute atomic E-state index is 0.0586. The summed E-state index contributed by atoms with van der Waals surface area (Å²) < 4.78 is 27.0. The second-order valence-corrected chi connectivity index (χ2v) is 9.10. The first-order valence-electron chi connectivity index (χ1n) is 11.7. The van der Waals surface area contributed by atoms with E-state index in [-0.39, 0.29) is 16.9 Å². The van der Waals surface area contributed by atoms with Gasteiger partial charge in [-0.1, -0.05) is 11.8 Å². The summed E-state index contributed by atoms with van der Waals surface area (Å²) in [5.74, 6) is 2.97. The molecule has 0 aliphatic rings. The molecule has 0 aliphatic carbocycles. The quantitative estimate of drug-likeness (QED) is 0.229. The molecule has 5 rings (SSSR count). The van der Waals surface area contributed by atoms with Crippen molar-refractivity contribution in [2.45, 2.75) is 5.22 Å². The van der Waals surface area contributed by atoms with E-state index in [9.17, 15) is 4.79 Å². The Labute approximate surface area is 227 Å². The van der Waals surface area contributed by atoms with Gasteiger partial charge in [-0.3, -0.25) is 4.79 Å². The van der Waals surface area contributed by atoms with Gasteiger partial charge in [0.05, 0.1) is 45.2 Å². The lowest BCUT2D eigenvalue weighted by Gasteiger charge is -2.14. The number of anilines is 1. The van der Waals surface area contributed by atoms with Crippen molar-refractivity contribution >= 4 is 34.4 Å². The number of thioether (sulfide) groups is 1. The van der Waals surface area contributed by atoms with Crippen LogP contribution in [0, 0.1) is 0 Å². The third-order valence-corrected chi connectivity index (χ3v) is 6.59. The second-order valence-electron chi connectivity index (χ2n) is 8.17. The minimum Gasteiger partial charge on any atom is -0.497 e. The maximum atomic E-state index is 12.6. The van der Waals surface area contributed by atoms with Crippen LogP contribution in [0.2, 0.25) is 0 Å². The van der Waals surface area contributed by atoms with Crippen LogP contribution in [-0.2, 0) is 4.79 Å². The normalized spacial score (nSPS) is 10.9. The lowest BCUT2D eigenvalue weighted by Crippen LogP contribution is -2.14. The standard InChI is InChI=1S/C27H25N5O6S/c1-34-18-8-5-15(6-9-18)25-29-19-10-7-16(11-20(19)30-25)26-31-32-27(38-26)39-14-23(33)28-17-12-21(35-2)24(37-4)22(13-17)36-3/h5-13H,14H2,1-4H3,(H,28,33)(H,29,30). The fourth-order valence-corrected chi connectivity index (χ4v) is 4.45. The molecule has 0 radical (unpaired) electrons. The van der Waals surface area contributed by atoms with Crippen LogP contribution in [0.25, 0.3) is 33.9 Å². The topological polar surface area (TPSA) is 134 Å². The summed E-state index contributed by atoms with van der Waals surface area (Å²) in [4.78, 5) is 20.6. The highest BCUT2D eigenvalue weighted by Crippen LogP contribution is 2.40. The van der Waals surface area contributed by atoms with Crippen molar-refractivity contribution in [1.29, 1.82) is 0 Å². The lowest BCUT2D eigenvalue weighted by atomic mass is 10.2. The Hall–Kier alpha value is -4.71. The van der Waals surface area contributed by atoms with Crippen molar-refractivity contribution in [2.75, 3.05) is 39.5 Å². The van der Waals surface area contributed by atoms with Gasteiger partial charge in [0, 0.05) is 28.9 Å². The average Bonchev–Trinajstić information content (AvgIpc) is 3.62. The van der Waals surface area contributed by atoms with E-state index in [1.807, 2.05) is 42.5 Å². The van der Waals surface area contributed by atoms with Gasteiger partial charge in [-0.15, -0.1) is 10.2 Å². The predicted octanol–water partition coefficient (Wildman–Crippen LogP) is 5.05. The molecule has 1 amide bonds. The molecule has 39 heavy (non-hydrogen) atoms. The molecule has 200 valence electrons. The van der Waals surface area contributed by atoms with E-state index in [4.69, 9.17) is 23.4 Å². The number of hydrogen-bond acceptors (Lipinski definition) is 10. The molecular formula is C27H25N5O6S. The molecule has 0 unspecified atom stereocenters. The number of rotatable bonds is 10. The van der Waals surface area contributed by atoms with E-state index in [0.29, 0.717) is 28.8 Å². The minimum atomic E-state index is -0.265. The third kappa shape index (κ3) is 5.60. The molecule has 0 atom stereocenters. The van der Waals surface area contributed by atoms with E-state index in [1.165, 1.54) is 21.3 Å². The van der Waals surface area contributed by atoms with Crippen LogP contribution in [0.15, 0.2) is 64.2 Å². The Morgan fingerprint density at radius 2 is 1.62 bits per heavy atom. The van der Waals surface area contributed by atoms with E-state index in [2.05, 4.69) is 25.5 Å². The summed E-state index contributed by atoms with van der Waals surface area (Å²) in [5, 5.41) is 11.3. The number of hydrogen-bond donors (Lipinski definition) is 2. The summed E-state index contributed by atoms with van der Waals surface area (Å²) in [6.45, 7) is 0. The number of carbonyl (C=O) groups is 1. The van der Waals surface area contributed by atoms with E-state index in [0.717, 1.165) is 45.5 Å². The first-order valence-corrected chi connectivity index (χ1v) is 12.7. The largest absolute Gasteiger partial charge is 0.497 e. The fraction of sp³-hybridized carbons (Fsp3) is 0.185. The van der Waals surface area contributed by atoms with Crippen LogP contribution in [0.3, 0.4) is 0 Å². The number of amides is 1. The van der Waals surface area contributed by atoms with E-state index >= 15 is 0 Å². The summed E-state index contributed by atoms with van der Waals surface area (Å²) >= 11 is 1.13. The summed E-state index contributed by atoms with van der Waals surface area (Å²) in [7, 11) is 6.16. The molecule has 5 aromatic rings. The van der Waals surface area contributed by atoms with E-state index < -0.39 is 0 Å². The smallest absolute Gasteiger partial charge is 0.277 e. The van der Waals surface area contributed by atoms with Gasteiger partial charge in [0.15, 0.2) is 11.5 Å². The monoisotopic (exact) mass is 547 g/mol. The van der Waals surface area contributed by atoms with Crippen LogP contribution >= 0.6 is 11.8 Å². The molecule has 2 N–H and O–H groups in total. The van der Waals surface area contributed by atoms with Gasteiger partial charge >= 0.3 is 0 Å². The molecule has 0 bridgehead atoms. The van der Waals surface area contributed by atoms with Gasteiger partial charge in [-0.2, -0.15) is 0 Å². The Kier molecular flexibility index (Phi) is 7.55. The van der Waals surface area contributed by atoms with Crippen LogP contribution in [-0.4, -0.2) is 60.3 Å². The number of ether oxygens (including phenoxy) is 4. The van der Waals surface area contributed by atoms with Crippen molar-refractivity contribution in [2.24, 2.45) is 0 Å². The van der Waals surface area contributed by atoms with Crippen molar-refractivity contribution in [3.05, 3.63) is 54.6 Å². The molecule has 3 aromatic carbocycles. The number of methoxy groups -OCH3 is 4. The number of nitrogens with zero attached hydrogens (tertiary/aromatic N) is 3. The van der Waals surface area contributed by atoms with Crippen molar-refractivity contribution in [1.82, 2.24) is 20.2 Å². The zero-order valence-corrected chi connectivity index (χ0v) is 22.4. The third-order valence-electron chi connectivity index (χ3n) is 5.77. The molecule has 0 fully saturated rings. The molecule has 0 spiro atoms. The van der Waals surface area contributed by atoms with Gasteiger partial charge in [-0.05, 0) is 42.5 Å². The molecule has 12 heteroatoms. The summed E-state index contributed by atoms with van der Waals surface area (Å²) in [6, 6.07) is 16.6. The van der Waals surface area contributed by atoms with Crippen molar-refractivity contribution in [3.63, 3.8) is 0 Å². The Bertz CT molecular complexity index is 1590. The number of benzene rings is 3. The number of aromatic nitrogens is 4. The van der Waals surface area contributed by atoms with Gasteiger partial charge in [-0.25, -0.2) is 4.98 Å². The molecule has 0 saturated carbocycles. The highest BCUT2D eigenvalue weighted by Gasteiger charge is 2.16. The van der Waals surface area contributed by atoms with Gasteiger partial charge in [0.2, 0.25) is 17.5 Å². The fourth-order valence-electron chi connectivity index (χ4n) is 3.89. The first-order chi connectivity index (χ1) is 19.0. The maximum Gasteiger partial charge on any atom is 0.277 e. The van der Waals surface area contributed by atoms with Gasteiger partial charge in [0.1, 0.15) is 11.6 Å². The molecule has 2 aromatic heterocycles. The van der Waals surface area contributed by atoms with Crippen molar-refractivity contribution in [3.8, 4) is 45.8 Å². The molecule has 0 aliphatic heterocycles. The number of imidazole rings is 1. The van der Waals surface area contributed by atoms with Crippen LogP contribution < -0.4 is 24.3 Å². The van der Waals surface area contributed by atoms with E-state index in [1.54, 1.807) is 19.2 Å². The molecular weight excluding hydrogens is 522 g/mol. The average molecular weight is 548 g/mol. The SMILES string of the molecule is COc1ccc(-c2nc3ccc(-c4nnc(SCC(=O)Nc5cc(OC)c(OC)c(OC)c5)o4)cc3[nH]2)cc1. The zero-order valence-electron chi connectivity index (χ0n) is 21.6. The summed E-state index contributed by atoms with van der Waals surface area (Å²) in [5.41, 5.74) is 3.81. The molecule has 11 nitrogen and oxygen atoms in total. The second kappa shape index (κ2) is 11.4. The molecule has 2 heterocycles. The Balaban J connectivity index is 1.25. The Morgan fingerprint density at radius 3 is 2.28 bits per heavy atom. The predicted molar refractivity (Wildman–Crippen MR) is 147 cm³/mol. The number of fused-ring (bicyclic) bond motifs is 1. The molecule has 0 saturated heterocycles. The lowest BCUT2D eigenvalue weighted by molar-refractivity contribution is -0.113. The maximum absolute atomic E-state index is 12.6. The number of H-pyrrole nitrogens is 1. The highest BCUT2D eigenvalue weighted by atomic mass is 32.2. The highest BCUT2D eigenvalue weighted by molar-refractivity contribution is 7.99. The number of nitrogens with one attached hydrogen (secondary N) is 2. The van der Waals surface area contributed by atoms with Crippen LogP contribution in [0.5, 0.6) is 23.0 Å². The number of aromatic amines is 1. The summed E-state index contributed by atoms with van der Waals surface area (Å²) in [6.07, 6.45) is 0. The van der Waals surface area contributed by atoms with Gasteiger partial charge in [0.25, 0.3) is 5.22 Å². The number of carbonyl (C=O) groups excluding carboxylic acids is 1. The Morgan fingerprint density at radius 1 is 0.897 bits per heavy atom. The zero-order chi connectivity index (χ0) is 27.4. The van der Waals surface area contributed by atoms with Crippen LogP contribution in [0.4, 0.5) is 5.69 Å². The first kappa shape index (κ1) is 25.9. The van der Waals surface area contributed by atoms with Crippen LogP contribution in [0.1, 0.15) is 0 Å².